The first kappa shape index (κ1) is 19.3. The highest BCUT2D eigenvalue weighted by atomic mass is 35.5. The zero-order valence-corrected chi connectivity index (χ0v) is 15.4. The predicted molar refractivity (Wildman–Crippen MR) is 102 cm³/mol. The number of furan rings is 1. The molecule has 0 fully saturated rings. The molecule has 0 saturated carbocycles. The highest BCUT2D eigenvalue weighted by Gasteiger charge is 2.13. The largest absolute Gasteiger partial charge is 0.465 e. The summed E-state index contributed by atoms with van der Waals surface area (Å²) in [6, 6.07) is 13.2. The number of amides is 1. The quantitative estimate of drug-likeness (QED) is 0.393. The Kier molecular flexibility index (Phi) is 5.86. The molecule has 0 saturated heterocycles. The molecule has 0 aliphatic rings. The summed E-state index contributed by atoms with van der Waals surface area (Å²) in [4.78, 5) is 23.6. The molecule has 3 rings (SSSR count). The summed E-state index contributed by atoms with van der Waals surface area (Å²) in [6.07, 6.45) is 1.32. The van der Waals surface area contributed by atoms with Crippen molar-refractivity contribution in [1.29, 1.82) is 0 Å². The molecule has 0 unspecified atom stereocenters. The number of hydrazone groups is 1. The Morgan fingerprint density at radius 3 is 2.61 bits per heavy atom. The number of rotatable bonds is 5. The first-order chi connectivity index (χ1) is 13.5. The second-order valence-corrected chi connectivity index (χ2v) is 6.00. The van der Waals surface area contributed by atoms with Gasteiger partial charge in [0.1, 0.15) is 17.3 Å². The molecule has 1 amide bonds. The van der Waals surface area contributed by atoms with Gasteiger partial charge in [-0.2, -0.15) is 5.10 Å². The van der Waals surface area contributed by atoms with E-state index >= 15 is 0 Å². The molecule has 1 N–H and O–H groups in total. The number of hydrogen-bond donors (Lipinski definition) is 1. The van der Waals surface area contributed by atoms with Crippen molar-refractivity contribution in [3.8, 4) is 11.3 Å². The molecule has 0 spiro atoms. The average Bonchev–Trinajstić information content (AvgIpc) is 3.17. The van der Waals surface area contributed by atoms with Gasteiger partial charge in [0.2, 0.25) is 0 Å². The van der Waals surface area contributed by atoms with E-state index in [1.165, 1.54) is 37.6 Å². The van der Waals surface area contributed by atoms with Gasteiger partial charge in [-0.05, 0) is 54.6 Å². The number of carbonyl (C=O) groups is 2. The van der Waals surface area contributed by atoms with Crippen LogP contribution in [0.1, 0.15) is 26.5 Å². The van der Waals surface area contributed by atoms with Gasteiger partial charge in [-0.25, -0.2) is 14.6 Å². The van der Waals surface area contributed by atoms with E-state index in [-0.39, 0.29) is 16.1 Å². The topological polar surface area (TPSA) is 80.9 Å². The fraction of sp³-hybridized carbons (Fsp3) is 0.0500. The van der Waals surface area contributed by atoms with Crippen LogP contribution in [0.5, 0.6) is 0 Å². The van der Waals surface area contributed by atoms with Crippen molar-refractivity contribution in [2.45, 2.75) is 0 Å². The molecule has 2 aromatic carbocycles. The fourth-order valence-electron chi connectivity index (χ4n) is 2.34. The van der Waals surface area contributed by atoms with Crippen molar-refractivity contribution in [2.24, 2.45) is 5.10 Å². The number of nitrogens with zero attached hydrogens (tertiary/aromatic N) is 1. The van der Waals surface area contributed by atoms with Crippen LogP contribution in [0.2, 0.25) is 5.02 Å². The smallest absolute Gasteiger partial charge is 0.339 e. The molecular formula is C20H14ClFN2O4. The lowest BCUT2D eigenvalue weighted by atomic mass is 10.1. The van der Waals surface area contributed by atoms with E-state index in [0.717, 1.165) is 0 Å². The number of methoxy groups -OCH3 is 1. The molecule has 1 aromatic heterocycles. The zero-order chi connectivity index (χ0) is 20.1. The third-order valence-electron chi connectivity index (χ3n) is 3.75. The normalized spacial score (nSPS) is 10.8. The monoisotopic (exact) mass is 400 g/mol. The second kappa shape index (κ2) is 8.49. The van der Waals surface area contributed by atoms with E-state index in [9.17, 15) is 14.0 Å². The van der Waals surface area contributed by atoms with Gasteiger partial charge >= 0.3 is 5.97 Å². The van der Waals surface area contributed by atoms with Crippen molar-refractivity contribution in [3.05, 3.63) is 82.3 Å². The Morgan fingerprint density at radius 1 is 1.14 bits per heavy atom. The summed E-state index contributed by atoms with van der Waals surface area (Å²) < 4.78 is 23.2. The van der Waals surface area contributed by atoms with E-state index in [4.69, 9.17) is 20.8 Å². The van der Waals surface area contributed by atoms with E-state index in [2.05, 4.69) is 10.5 Å². The highest BCUT2D eigenvalue weighted by Crippen LogP contribution is 2.27. The average molecular weight is 401 g/mol. The van der Waals surface area contributed by atoms with Crippen LogP contribution < -0.4 is 5.43 Å². The molecule has 6 nitrogen and oxygen atoms in total. The molecule has 3 aromatic rings. The van der Waals surface area contributed by atoms with Gasteiger partial charge in [-0.15, -0.1) is 0 Å². The van der Waals surface area contributed by atoms with Gasteiger partial charge in [-0.3, -0.25) is 4.79 Å². The molecular weight excluding hydrogens is 387 g/mol. The van der Waals surface area contributed by atoms with Gasteiger partial charge in [0.15, 0.2) is 0 Å². The van der Waals surface area contributed by atoms with Crippen LogP contribution >= 0.6 is 11.6 Å². The minimum Gasteiger partial charge on any atom is -0.465 e. The summed E-state index contributed by atoms with van der Waals surface area (Å²) in [7, 11) is 1.27. The predicted octanol–water partition coefficient (Wildman–Crippen LogP) is 4.29. The number of hydrogen-bond acceptors (Lipinski definition) is 5. The maximum atomic E-state index is 12.9. The van der Waals surface area contributed by atoms with Gasteiger partial charge in [0, 0.05) is 11.1 Å². The maximum absolute atomic E-state index is 12.9. The number of nitrogens with one attached hydrogen (secondary N) is 1. The Labute approximate surface area is 164 Å². The number of ether oxygens (including phenoxy) is 1. The van der Waals surface area contributed by atoms with Crippen molar-refractivity contribution in [1.82, 2.24) is 5.43 Å². The van der Waals surface area contributed by atoms with Gasteiger partial charge in [0.05, 0.1) is 23.9 Å². The van der Waals surface area contributed by atoms with Gasteiger partial charge in [0.25, 0.3) is 5.91 Å². The van der Waals surface area contributed by atoms with Crippen molar-refractivity contribution in [3.63, 3.8) is 0 Å². The van der Waals surface area contributed by atoms with Crippen LogP contribution in [0.15, 0.2) is 64.1 Å². The molecule has 0 bridgehead atoms. The van der Waals surface area contributed by atoms with Crippen LogP contribution in [-0.2, 0) is 4.74 Å². The molecule has 142 valence electrons. The third-order valence-corrected chi connectivity index (χ3v) is 4.08. The summed E-state index contributed by atoms with van der Waals surface area (Å²) in [6.45, 7) is 0. The Morgan fingerprint density at radius 2 is 1.89 bits per heavy atom. The number of benzene rings is 2. The lowest BCUT2D eigenvalue weighted by Gasteiger charge is -2.04. The van der Waals surface area contributed by atoms with E-state index in [0.29, 0.717) is 17.1 Å². The molecule has 0 aliphatic heterocycles. The first-order valence-corrected chi connectivity index (χ1v) is 8.43. The Hall–Kier alpha value is -3.45. The van der Waals surface area contributed by atoms with Crippen LogP contribution in [0.25, 0.3) is 11.3 Å². The minimum atomic E-state index is -0.552. The molecule has 0 radical (unpaired) electrons. The lowest BCUT2D eigenvalue weighted by molar-refractivity contribution is 0.0601. The fourth-order valence-corrected chi connectivity index (χ4v) is 2.54. The highest BCUT2D eigenvalue weighted by molar-refractivity contribution is 6.33. The van der Waals surface area contributed by atoms with Gasteiger partial charge < -0.3 is 9.15 Å². The zero-order valence-electron chi connectivity index (χ0n) is 14.6. The molecule has 8 heteroatoms. The molecule has 0 aliphatic carbocycles. The van der Waals surface area contributed by atoms with Crippen molar-refractivity contribution in [2.75, 3.05) is 7.11 Å². The Balaban J connectivity index is 1.70. The van der Waals surface area contributed by atoms with Crippen LogP contribution in [0.4, 0.5) is 4.39 Å². The summed E-state index contributed by atoms with van der Waals surface area (Å²) >= 11 is 6.01. The molecule has 1 heterocycles. The molecule has 0 atom stereocenters. The van der Waals surface area contributed by atoms with Crippen LogP contribution in [0, 0.1) is 5.82 Å². The Bertz CT molecular complexity index is 1040. The number of halogens is 2. The SMILES string of the molecule is COC(=O)c1cc(-c2ccc(/C=N\NC(=O)c3ccc(F)cc3)o2)ccc1Cl. The van der Waals surface area contributed by atoms with Gasteiger partial charge in [-0.1, -0.05) is 11.6 Å². The summed E-state index contributed by atoms with van der Waals surface area (Å²) in [5, 5.41) is 4.08. The summed E-state index contributed by atoms with van der Waals surface area (Å²) in [5.41, 5.74) is 3.44. The number of carbonyl (C=O) groups excluding carboxylic acids is 2. The first-order valence-electron chi connectivity index (χ1n) is 8.05. The van der Waals surface area contributed by atoms with Crippen molar-refractivity contribution >= 4 is 29.7 Å². The summed E-state index contributed by atoms with van der Waals surface area (Å²) in [5.74, 6) is -0.607. The van der Waals surface area contributed by atoms with E-state index in [1.54, 1.807) is 30.3 Å². The van der Waals surface area contributed by atoms with E-state index in [1.807, 2.05) is 0 Å². The lowest BCUT2D eigenvalue weighted by Crippen LogP contribution is -2.17. The second-order valence-electron chi connectivity index (χ2n) is 5.59. The standard InChI is InChI=1S/C20H14ClFN2O4/c1-27-20(26)16-10-13(4-8-17(16)21)18-9-7-15(28-18)11-23-24-19(25)12-2-5-14(22)6-3-12/h2-11H,1H3,(H,24,25)/b23-11-. The van der Waals surface area contributed by atoms with Crippen molar-refractivity contribution < 1.29 is 23.1 Å². The van der Waals surface area contributed by atoms with Crippen LogP contribution in [0.3, 0.4) is 0 Å². The molecule has 28 heavy (non-hydrogen) atoms. The third kappa shape index (κ3) is 4.44. The minimum absolute atomic E-state index is 0.222. The number of esters is 1. The van der Waals surface area contributed by atoms with E-state index < -0.39 is 17.7 Å². The van der Waals surface area contributed by atoms with Crippen LogP contribution in [-0.4, -0.2) is 25.2 Å². The maximum Gasteiger partial charge on any atom is 0.339 e.